The number of nitrogens with one attached hydrogen (secondary N) is 1. The summed E-state index contributed by atoms with van der Waals surface area (Å²) < 4.78 is 0. The van der Waals surface area contributed by atoms with Gasteiger partial charge in [-0.3, -0.25) is 5.43 Å². The summed E-state index contributed by atoms with van der Waals surface area (Å²) in [6.07, 6.45) is 0. The number of hydrogen-bond donors (Lipinski definition) is 1. The molecule has 0 amide bonds. The summed E-state index contributed by atoms with van der Waals surface area (Å²) in [5.74, 6) is 0. The van der Waals surface area contributed by atoms with Crippen molar-refractivity contribution in [2.45, 2.75) is 0 Å². The Bertz CT molecular complexity index is 565. The van der Waals surface area contributed by atoms with Crippen LogP contribution in [-0.4, -0.2) is 5.17 Å². The van der Waals surface area contributed by atoms with Crippen molar-refractivity contribution in [3.63, 3.8) is 0 Å². The Morgan fingerprint density at radius 1 is 0.944 bits per heavy atom. The van der Waals surface area contributed by atoms with E-state index in [-0.39, 0.29) is 0 Å². The molecule has 2 aromatic carbocycles. The van der Waals surface area contributed by atoms with Gasteiger partial charge in [0.1, 0.15) is 0 Å². The van der Waals surface area contributed by atoms with Crippen LogP contribution in [0.15, 0.2) is 53.6 Å². The number of nitrogens with zero attached hydrogens (tertiary/aromatic N) is 1. The molecule has 5 heteroatoms. The van der Waals surface area contributed by atoms with E-state index in [1.807, 2.05) is 18.2 Å². The quantitative estimate of drug-likeness (QED) is 0.625. The smallest absolute Gasteiger partial charge is 0.156 e. The minimum atomic E-state index is 0.339. The fourth-order valence-corrected chi connectivity index (χ4v) is 1.79. The average molecular weight is 300 g/mol. The summed E-state index contributed by atoms with van der Waals surface area (Å²) in [4.78, 5) is 0. The van der Waals surface area contributed by atoms with Crippen LogP contribution in [0.1, 0.15) is 5.56 Å². The zero-order valence-corrected chi connectivity index (χ0v) is 11.5. The SMILES string of the molecule is Cl/C(=N/Nc1ccccc1Cl)c1ccc(Cl)cc1. The van der Waals surface area contributed by atoms with E-state index in [0.29, 0.717) is 20.9 Å². The molecule has 0 unspecified atom stereocenters. The van der Waals surface area contributed by atoms with Gasteiger partial charge in [-0.25, -0.2) is 0 Å². The van der Waals surface area contributed by atoms with E-state index >= 15 is 0 Å². The summed E-state index contributed by atoms with van der Waals surface area (Å²) in [7, 11) is 0. The molecule has 0 aromatic heterocycles. The Balaban J connectivity index is 2.14. The number of rotatable bonds is 3. The number of hydrogen-bond acceptors (Lipinski definition) is 2. The minimum Gasteiger partial charge on any atom is -0.276 e. The summed E-state index contributed by atoms with van der Waals surface area (Å²) in [5, 5.41) is 5.64. The minimum absolute atomic E-state index is 0.339. The van der Waals surface area contributed by atoms with Crippen molar-refractivity contribution in [3.8, 4) is 0 Å². The molecule has 2 rings (SSSR count). The standard InChI is InChI=1S/C13H9Cl3N2/c14-10-7-5-9(6-8-10)13(16)18-17-12-4-2-1-3-11(12)15/h1-8,17H/b18-13+. The lowest BCUT2D eigenvalue weighted by Gasteiger charge is -2.04. The Labute approximate surface area is 120 Å². The highest BCUT2D eigenvalue weighted by Gasteiger charge is 2.01. The predicted molar refractivity (Wildman–Crippen MR) is 78.9 cm³/mol. The van der Waals surface area contributed by atoms with Gasteiger partial charge in [0, 0.05) is 10.6 Å². The van der Waals surface area contributed by atoms with Gasteiger partial charge < -0.3 is 0 Å². The second-order valence-corrected chi connectivity index (χ2v) is 4.70. The first-order valence-electron chi connectivity index (χ1n) is 5.16. The van der Waals surface area contributed by atoms with Crippen LogP contribution >= 0.6 is 34.8 Å². The van der Waals surface area contributed by atoms with Crippen LogP contribution < -0.4 is 5.43 Å². The third-order valence-corrected chi connectivity index (χ3v) is 3.12. The average Bonchev–Trinajstić information content (AvgIpc) is 2.38. The largest absolute Gasteiger partial charge is 0.276 e. The molecule has 2 aromatic rings. The number of benzene rings is 2. The van der Waals surface area contributed by atoms with Crippen LogP contribution in [0.3, 0.4) is 0 Å². The molecule has 0 saturated heterocycles. The molecule has 0 atom stereocenters. The Morgan fingerprint density at radius 3 is 2.28 bits per heavy atom. The molecule has 0 bridgehead atoms. The van der Waals surface area contributed by atoms with E-state index in [1.165, 1.54) is 0 Å². The third-order valence-electron chi connectivity index (χ3n) is 2.23. The fraction of sp³-hybridized carbons (Fsp3) is 0. The predicted octanol–water partition coefficient (Wildman–Crippen LogP) is 5.01. The van der Waals surface area contributed by atoms with E-state index in [9.17, 15) is 0 Å². The van der Waals surface area contributed by atoms with Gasteiger partial charge in [0.15, 0.2) is 5.17 Å². The van der Waals surface area contributed by atoms with Crippen LogP contribution in [-0.2, 0) is 0 Å². The van der Waals surface area contributed by atoms with E-state index < -0.39 is 0 Å². The van der Waals surface area contributed by atoms with Crippen molar-refractivity contribution in [2.24, 2.45) is 5.10 Å². The van der Waals surface area contributed by atoms with Crippen molar-refractivity contribution in [1.82, 2.24) is 0 Å². The van der Waals surface area contributed by atoms with Crippen molar-refractivity contribution in [2.75, 3.05) is 5.43 Å². The second kappa shape index (κ2) is 6.10. The molecule has 1 N–H and O–H groups in total. The lowest BCUT2D eigenvalue weighted by atomic mass is 10.2. The van der Waals surface area contributed by atoms with Crippen LogP contribution in [0.4, 0.5) is 5.69 Å². The van der Waals surface area contributed by atoms with Gasteiger partial charge in [0.05, 0.1) is 10.7 Å². The maximum Gasteiger partial charge on any atom is 0.156 e. The van der Waals surface area contributed by atoms with Crippen LogP contribution in [0, 0.1) is 0 Å². The zero-order valence-electron chi connectivity index (χ0n) is 9.20. The van der Waals surface area contributed by atoms with Crippen LogP contribution in [0.25, 0.3) is 0 Å². The molecule has 0 saturated carbocycles. The number of para-hydroxylation sites is 1. The molecule has 2 nitrogen and oxygen atoms in total. The topological polar surface area (TPSA) is 24.4 Å². The molecule has 18 heavy (non-hydrogen) atoms. The molecule has 92 valence electrons. The van der Waals surface area contributed by atoms with Gasteiger partial charge >= 0.3 is 0 Å². The Kier molecular flexibility index (Phi) is 4.48. The van der Waals surface area contributed by atoms with Gasteiger partial charge in [0.25, 0.3) is 0 Å². The zero-order chi connectivity index (χ0) is 13.0. The highest BCUT2D eigenvalue weighted by molar-refractivity contribution is 6.69. The highest BCUT2D eigenvalue weighted by Crippen LogP contribution is 2.21. The van der Waals surface area contributed by atoms with E-state index in [4.69, 9.17) is 34.8 Å². The van der Waals surface area contributed by atoms with Gasteiger partial charge in [-0.15, -0.1) is 0 Å². The molecular weight excluding hydrogens is 291 g/mol. The van der Waals surface area contributed by atoms with Crippen molar-refractivity contribution in [1.29, 1.82) is 0 Å². The molecular formula is C13H9Cl3N2. The fourth-order valence-electron chi connectivity index (χ4n) is 1.31. The molecule has 0 fully saturated rings. The van der Waals surface area contributed by atoms with Crippen molar-refractivity contribution < 1.29 is 0 Å². The first kappa shape index (κ1) is 13.2. The lowest BCUT2D eigenvalue weighted by molar-refractivity contribution is 1.34. The van der Waals surface area contributed by atoms with Gasteiger partial charge in [-0.2, -0.15) is 5.10 Å². The van der Waals surface area contributed by atoms with Crippen LogP contribution in [0.5, 0.6) is 0 Å². The van der Waals surface area contributed by atoms with E-state index in [1.54, 1.807) is 30.3 Å². The van der Waals surface area contributed by atoms with Gasteiger partial charge in [-0.05, 0) is 24.3 Å². The summed E-state index contributed by atoms with van der Waals surface area (Å²) >= 11 is 17.8. The maximum absolute atomic E-state index is 6.06. The Morgan fingerprint density at radius 2 is 1.61 bits per heavy atom. The first-order chi connectivity index (χ1) is 8.66. The molecule has 0 aliphatic heterocycles. The van der Waals surface area contributed by atoms with Crippen molar-refractivity contribution >= 4 is 45.7 Å². The number of halogens is 3. The van der Waals surface area contributed by atoms with E-state index in [2.05, 4.69) is 10.5 Å². The maximum atomic E-state index is 6.06. The summed E-state index contributed by atoms with van der Waals surface area (Å²) in [5.41, 5.74) is 4.30. The molecule has 0 radical (unpaired) electrons. The molecule has 0 aliphatic carbocycles. The summed E-state index contributed by atoms with van der Waals surface area (Å²) in [6.45, 7) is 0. The monoisotopic (exact) mass is 298 g/mol. The van der Waals surface area contributed by atoms with Crippen molar-refractivity contribution in [3.05, 3.63) is 64.1 Å². The summed E-state index contributed by atoms with van der Waals surface area (Å²) in [6, 6.07) is 14.4. The number of hydrazone groups is 1. The lowest BCUT2D eigenvalue weighted by Crippen LogP contribution is -1.97. The number of anilines is 1. The molecule has 0 aliphatic rings. The normalized spacial score (nSPS) is 11.4. The first-order valence-corrected chi connectivity index (χ1v) is 6.30. The second-order valence-electron chi connectivity index (χ2n) is 3.50. The Hall–Kier alpha value is -1.22. The van der Waals surface area contributed by atoms with Gasteiger partial charge in [-0.1, -0.05) is 59.1 Å². The molecule has 0 heterocycles. The highest BCUT2D eigenvalue weighted by atomic mass is 35.5. The third kappa shape index (κ3) is 3.39. The van der Waals surface area contributed by atoms with Gasteiger partial charge in [0.2, 0.25) is 0 Å². The van der Waals surface area contributed by atoms with E-state index in [0.717, 1.165) is 5.56 Å². The molecule has 0 spiro atoms. The van der Waals surface area contributed by atoms with Crippen LogP contribution in [0.2, 0.25) is 10.0 Å².